The maximum atomic E-state index is 11.7. The highest BCUT2D eigenvalue weighted by atomic mass is 16.5. The molecule has 2 aromatic carbocycles. The first-order valence-electron chi connectivity index (χ1n) is 7.66. The monoisotopic (exact) mass is 342 g/mol. The van der Waals surface area contributed by atoms with Crippen LogP contribution in [0.5, 0.6) is 5.75 Å². The van der Waals surface area contributed by atoms with Gasteiger partial charge in [-0.15, -0.1) is 0 Å². The second-order valence-corrected chi connectivity index (χ2v) is 5.35. The number of carbonyl (C=O) groups is 1. The molecule has 7 heteroatoms. The molecule has 0 saturated carbocycles. The van der Waals surface area contributed by atoms with Crippen LogP contribution < -0.4 is 9.64 Å². The van der Waals surface area contributed by atoms with Crippen molar-refractivity contribution in [2.45, 2.75) is 13.5 Å². The van der Waals surface area contributed by atoms with Crippen molar-refractivity contribution < 1.29 is 23.8 Å². The Balaban J connectivity index is 1.73. The van der Waals surface area contributed by atoms with E-state index in [9.17, 15) is 9.90 Å². The van der Waals surface area contributed by atoms with Gasteiger partial charge in [-0.2, -0.15) is 0 Å². The minimum atomic E-state index is -0.634. The van der Waals surface area contributed by atoms with E-state index in [0.717, 1.165) is 16.0 Å². The number of hydrogen-bond acceptors (Lipinski definition) is 6. The van der Waals surface area contributed by atoms with Gasteiger partial charge in [-0.3, -0.25) is 4.90 Å². The smallest absolute Gasteiger partial charge is 0.415 e. The minimum Gasteiger partial charge on any atom is -0.484 e. The van der Waals surface area contributed by atoms with Crippen molar-refractivity contribution in [2.75, 3.05) is 18.7 Å². The quantitative estimate of drug-likeness (QED) is 0.717. The molecule has 130 valence electrons. The molecule has 1 N–H and O–H groups in total. The Morgan fingerprint density at radius 2 is 2.08 bits per heavy atom. The van der Waals surface area contributed by atoms with Crippen molar-refractivity contribution >= 4 is 22.9 Å². The Labute approximate surface area is 144 Å². The maximum absolute atomic E-state index is 11.7. The summed E-state index contributed by atoms with van der Waals surface area (Å²) in [6.07, 6.45) is -0.634. The number of aryl methyl sites for hydroxylation is 1. The lowest BCUT2D eigenvalue weighted by Gasteiger charge is -2.20. The van der Waals surface area contributed by atoms with Gasteiger partial charge in [-0.25, -0.2) is 9.78 Å². The number of anilines is 1. The number of methoxy groups -OCH3 is 1. The van der Waals surface area contributed by atoms with E-state index in [0.29, 0.717) is 22.9 Å². The van der Waals surface area contributed by atoms with Gasteiger partial charge in [-0.05, 0) is 42.8 Å². The number of aromatic nitrogens is 1. The highest BCUT2D eigenvalue weighted by Gasteiger charge is 2.17. The summed E-state index contributed by atoms with van der Waals surface area (Å²) in [6.45, 7) is 1.53. The fourth-order valence-corrected chi connectivity index (χ4v) is 2.49. The van der Waals surface area contributed by atoms with Crippen molar-refractivity contribution in [1.82, 2.24) is 4.98 Å². The van der Waals surface area contributed by atoms with E-state index >= 15 is 0 Å². The number of hydrogen-bond donors (Lipinski definition) is 1. The number of fused-ring (bicyclic) bond motifs is 1. The van der Waals surface area contributed by atoms with E-state index < -0.39 is 12.8 Å². The summed E-state index contributed by atoms with van der Waals surface area (Å²) < 4.78 is 16.0. The average molecular weight is 342 g/mol. The molecule has 1 heterocycles. The van der Waals surface area contributed by atoms with Crippen molar-refractivity contribution in [2.24, 2.45) is 0 Å². The number of oxazole rings is 1. The van der Waals surface area contributed by atoms with Gasteiger partial charge in [0.15, 0.2) is 12.2 Å². The molecule has 0 unspecified atom stereocenters. The first-order chi connectivity index (χ1) is 12.1. The van der Waals surface area contributed by atoms with Gasteiger partial charge in [0.05, 0.1) is 12.8 Å². The Bertz CT molecular complexity index is 857. The van der Waals surface area contributed by atoms with Crippen LogP contribution in [0.4, 0.5) is 10.5 Å². The van der Waals surface area contributed by atoms with Gasteiger partial charge in [0.1, 0.15) is 18.0 Å². The summed E-state index contributed by atoms with van der Waals surface area (Å²) in [4.78, 5) is 17.1. The molecule has 0 bridgehead atoms. The molecule has 25 heavy (non-hydrogen) atoms. The number of aliphatic hydroxyl groups excluding tert-OH is 1. The summed E-state index contributed by atoms with van der Waals surface area (Å²) >= 11 is 0. The predicted octanol–water partition coefficient (Wildman–Crippen LogP) is 3.24. The van der Waals surface area contributed by atoms with E-state index in [-0.39, 0.29) is 6.61 Å². The molecule has 3 rings (SSSR count). The Morgan fingerprint density at radius 1 is 1.28 bits per heavy atom. The first-order valence-corrected chi connectivity index (χ1v) is 7.66. The van der Waals surface area contributed by atoms with Crippen LogP contribution in [0, 0.1) is 6.92 Å². The SMILES string of the molecule is COC(=O)N(CO)c1ccc(OCc2nc3ccccc3o2)cc1C. The van der Waals surface area contributed by atoms with E-state index in [1.807, 2.05) is 31.2 Å². The van der Waals surface area contributed by atoms with E-state index in [2.05, 4.69) is 9.72 Å². The highest BCUT2D eigenvalue weighted by molar-refractivity contribution is 5.88. The number of para-hydroxylation sites is 2. The highest BCUT2D eigenvalue weighted by Crippen LogP contribution is 2.26. The van der Waals surface area contributed by atoms with Crippen molar-refractivity contribution in [3.05, 3.63) is 53.9 Å². The minimum absolute atomic E-state index is 0.189. The Hall–Kier alpha value is -3.06. The van der Waals surface area contributed by atoms with Crippen LogP contribution in [0.25, 0.3) is 11.1 Å². The molecular weight excluding hydrogens is 324 g/mol. The van der Waals surface area contributed by atoms with Crippen LogP contribution in [0.1, 0.15) is 11.5 Å². The second-order valence-electron chi connectivity index (χ2n) is 5.35. The van der Waals surface area contributed by atoms with E-state index in [1.54, 1.807) is 18.2 Å². The zero-order chi connectivity index (χ0) is 17.8. The summed E-state index contributed by atoms with van der Waals surface area (Å²) in [5, 5.41) is 9.37. The molecule has 0 aliphatic rings. The summed E-state index contributed by atoms with van der Waals surface area (Å²) in [7, 11) is 1.26. The summed E-state index contributed by atoms with van der Waals surface area (Å²) in [5.74, 6) is 1.08. The lowest BCUT2D eigenvalue weighted by atomic mass is 10.2. The topological polar surface area (TPSA) is 85.0 Å². The molecule has 1 amide bonds. The lowest BCUT2D eigenvalue weighted by molar-refractivity contribution is 0.168. The molecule has 0 atom stereocenters. The second kappa shape index (κ2) is 7.23. The lowest BCUT2D eigenvalue weighted by Crippen LogP contribution is -2.32. The summed E-state index contributed by atoms with van der Waals surface area (Å²) in [5.41, 5.74) is 2.80. The van der Waals surface area contributed by atoms with Crippen LogP contribution in [0.2, 0.25) is 0 Å². The van der Waals surface area contributed by atoms with E-state index in [1.165, 1.54) is 7.11 Å². The Morgan fingerprint density at radius 3 is 2.76 bits per heavy atom. The van der Waals surface area contributed by atoms with Gasteiger partial charge in [0, 0.05) is 0 Å². The van der Waals surface area contributed by atoms with Crippen LogP contribution >= 0.6 is 0 Å². The predicted molar refractivity (Wildman–Crippen MR) is 91.5 cm³/mol. The molecule has 0 aliphatic heterocycles. The van der Waals surface area contributed by atoms with Crippen LogP contribution in [0.15, 0.2) is 46.9 Å². The zero-order valence-corrected chi connectivity index (χ0v) is 13.9. The molecule has 0 saturated heterocycles. The molecule has 0 fully saturated rings. The number of ether oxygens (including phenoxy) is 2. The van der Waals surface area contributed by atoms with Crippen LogP contribution in [-0.2, 0) is 11.3 Å². The standard InChI is InChI=1S/C18H18N2O5/c1-12-9-13(7-8-15(12)20(11-21)18(22)23-2)24-10-17-19-14-5-3-4-6-16(14)25-17/h3-9,21H,10-11H2,1-2H3. The summed E-state index contributed by atoms with van der Waals surface area (Å²) in [6, 6.07) is 12.7. The maximum Gasteiger partial charge on any atom is 0.415 e. The molecule has 3 aromatic rings. The average Bonchev–Trinajstić information content (AvgIpc) is 3.04. The molecule has 1 aromatic heterocycles. The number of benzene rings is 2. The zero-order valence-electron chi connectivity index (χ0n) is 13.9. The van der Waals surface area contributed by atoms with Crippen LogP contribution in [-0.4, -0.2) is 30.0 Å². The van der Waals surface area contributed by atoms with Crippen LogP contribution in [0.3, 0.4) is 0 Å². The third-order valence-corrected chi connectivity index (χ3v) is 3.70. The van der Waals surface area contributed by atoms with Crippen molar-refractivity contribution in [3.8, 4) is 5.75 Å². The largest absolute Gasteiger partial charge is 0.484 e. The normalized spacial score (nSPS) is 10.7. The van der Waals surface area contributed by atoms with Crippen molar-refractivity contribution in [3.63, 3.8) is 0 Å². The third-order valence-electron chi connectivity index (χ3n) is 3.70. The first kappa shape index (κ1) is 16.8. The van der Waals surface area contributed by atoms with Gasteiger partial charge < -0.3 is 19.0 Å². The van der Waals surface area contributed by atoms with Gasteiger partial charge in [0.2, 0.25) is 5.89 Å². The number of nitrogens with zero attached hydrogens (tertiary/aromatic N) is 2. The van der Waals surface area contributed by atoms with Gasteiger partial charge >= 0.3 is 6.09 Å². The molecular formula is C18H18N2O5. The molecule has 0 spiro atoms. The fourth-order valence-electron chi connectivity index (χ4n) is 2.49. The Kier molecular flexibility index (Phi) is 4.85. The number of aliphatic hydroxyl groups is 1. The van der Waals surface area contributed by atoms with Crippen molar-refractivity contribution in [1.29, 1.82) is 0 Å². The van der Waals surface area contributed by atoms with Gasteiger partial charge in [-0.1, -0.05) is 12.1 Å². The third kappa shape index (κ3) is 3.56. The number of amides is 1. The molecule has 0 aliphatic carbocycles. The molecule has 0 radical (unpaired) electrons. The van der Waals surface area contributed by atoms with Gasteiger partial charge in [0.25, 0.3) is 0 Å². The van der Waals surface area contributed by atoms with E-state index in [4.69, 9.17) is 9.15 Å². The fraction of sp³-hybridized carbons (Fsp3) is 0.222. The molecule has 7 nitrogen and oxygen atoms in total. The number of carbonyl (C=O) groups excluding carboxylic acids is 1. The number of rotatable bonds is 5.